The number of phenols is 1. The van der Waals surface area contributed by atoms with Crippen molar-refractivity contribution < 1.29 is 9.90 Å². The summed E-state index contributed by atoms with van der Waals surface area (Å²) in [4.78, 5) is 12.4. The third kappa shape index (κ3) is 13.3. The molecule has 0 bridgehead atoms. The van der Waals surface area contributed by atoms with Gasteiger partial charge in [-0.15, -0.1) is 0 Å². The van der Waals surface area contributed by atoms with E-state index in [0.29, 0.717) is 12.1 Å². The molecule has 0 unspecified atom stereocenters. The number of carbonyl (C=O) groups is 1. The molecule has 2 N–H and O–H groups in total. The van der Waals surface area contributed by atoms with Gasteiger partial charge in [0.2, 0.25) is 0 Å². The molecule has 1 amide bonds. The van der Waals surface area contributed by atoms with Crippen molar-refractivity contribution in [3.05, 3.63) is 42.0 Å². The number of unbranched alkanes of at least 4 members (excludes halogenated alkanes) is 19. The second-order valence-corrected chi connectivity index (χ2v) is 10.7. The maximum atomic E-state index is 12.4. The standard InChI is InChI=1S/C33H53NO2/c1-2-3-4-5-6-7-8-9-10-11-12-13-14-15-16-17-18-19-20-23-26-34-33(36)31-27-29-24-21-22-25-30(29)28-32(31)35/h21-22,24-25,27-28,35H,2-20,23,26H2,1H3,(H,34,36). The van der Waals surface area contributed by atoms with Gasteiger partial charge in [0, 0.05) is 6.54 Å². The summed E-state index contributed by atoms with van der Waals surface area (Å²) in [7, 11) is 0. The number of aromatic hydroxyl groups is 1. The van der Waals surface area contributed by atoms with Crippen molar-refractivity contribution in [3.8, 4) is 5.75 Å². The topological polar surface area (TPSA) is 49.3 Å². The summed E-state index contributed by atoms with van der Waals surface area (Å²) < 4.78 is 0. The lowest BCUT2D eigenvalue weighted by atomic mass is 10.0. The van der Waals surface area contributed by atoms with Crippen LogP contribution in [-0.4, -0.2) is 17.6 Å². The predicted molar refractivity (Wildman–Crippen MR) is 156 cm³/mol. The van der Waals surface area contributed by atoms with Crippen molar-refractivity contribution in [1.82, 2.24) is 5.32 Å². The highest BCUT2D eigenvalue weighted by atomic mass is 16.3. The summed E-state index contributed by atoms with van der Waals surface area (Å²) in [5.41, 5.74) is 0.363. The Balaban J connectivity index is 1.33. The highest BCUT2D eigenvalue weighted by molar-refractivity contribution is 6.01. The molecule has 0 saturated heterocycles. The zero-order valence-electron chi connectivity index (χ0n) is 23.2. The summed E-state index contributed by atoms with van der Waals surface area (Å²) in [5.74, 6) is -0.134. The number of rotatable bonds is 22. The first kappa shape index (κ1) is 30.2. The number of phenolic OH excluding ortho intramolecular Hbond substituents is 1. The minimum Gasteiger partial charge on any atom is -0.507 e. The molecule has 2 aromatic carbocycles. The second-order valence-electron chi connectivity index (χ2n) is 10.7. The first-order chi connectivity index (χ1) is 17.7. The zero-order chi connectivity index (χ0) is 25.7. The van der Waals surface area contributed by atoms with Crippen LogP contribution < -0.4 is 5.32 Å². The summed E-state index contributed by atoms with van der Waals surface area (Å²) in [6.45, 7) is 2.96. The van der Waals surface area contributed by atoms with Gasteiger partial charge in [-0.2, -0.15) is 0 Å². The SMILES string of the molecule is CCCCCCCCCCCCCCCCCCCCCCNC(=O)c1cc2ccccc2cc1O. The molecule has 2 aromatic rings. The Morgan fingerprint density at radius 3 is 1.44 bits per heavy atom. The van der Waals surface area contributed by atoms with E-state index in [1.165, 1.54) is 116 Å². The average molecular weight is 496 g/mol. The number of hydrogen-bond acceptors (Lipinski definition) is 2. The van der Waals surface area contributed by atoms with Gasteiger partial charge in [0.1, 0.15) is 5.75 Å². The summed E-state index contributed by atoms with van der Waals surface area (Å²) >= 11 is 0. The largest absolute Gasteiger partial charge is 0.507 e. The molecule has 3 nitrogen and oxygen atoms in total. The lowest BCUT2D eigenvalue weighted by Crippen LogP contribution is -2.24. The van der Waals surface area contributed by atoms with E-state index in [1.807, 2.05) is 24.3 Å². The van der Waals surface area contributed by atoms with E-state index in [0.717, 1.165) is 23.6 Å². The fraction of sp³-hybridized carbons (Fsp3) is 0.667. The van der Waals surface area contributed by atoms with E-state index in [9.17, 15) is 9.90 Å². The van der Waals surface area contributed by atoms with Gasteiger partial charge in [-0.05, 0) is 29.3 Å². The van der Waals surface area contributed by atoms with Crippen molar-refractivity contribution >= 4 is 16.7 Å². The van der Waals surface area contributed by atoms with Gasteiger partial charge in [-0.1, -0.05) is 153 Å². The third-order valence-corrected chi connectivity index (χ3v) is 7.42. The van der Waals surface area contributed by atoms with Gasteiger partial charge in [-0.25, -0.2) is 0 Å². The molecule has 3 heteroatoms. The Hall–Kier alpha value is -2.03. The van der Waals surface area contributed by atoms with Crippen molar-refractivity contribution in [2.24, 2.45) is 0 Å². The molecule has 0 radical (unpaired) electrons. The number of nitrogens with one attached hydrogen (secondary N) is 1. The number of carbonyl (C=O) groups excluding carboxylic acids is 1. The fourth-order valence-electron chi connectivity index (χ4n) is 5.09. The van der Waals surface area contributed by atoms with Gasteiger partial charge < -0.3 is 10.4 Å². The molecule has 202 valence electrons. The Bertz CT molecular complexity index is 832. The van der Waals surface area contributed by atoms with E-state index in [4.69, 9.17) is 0 Å². The Labute approximate surface area is 221 Å². The van der Waals surface area contributed by atoms with Gasteiger partial charge in [0.05, 0.1) is 5.56 Å². The highest BCUT2D eigenvalue weighted by Crippen LogP contribution is 2.25. The molecule has 0 fully saturated rings. The first-order valence-electron chi connectivity index (χ1n) is 15.2. The van der Waals surface area contributed by atoms with Crippen LogP contribution in [0.1, 0.15) is 146 Å². The molecule has 0 heterocycles. The molecule has 0 saturated carbocycles. The molecule has 0 aromatic heterocycles. The maximum Gasteiger partial charge on any atom is 0.255 e. The van der Waals surface area contributed by atoms with Crippen LogP contribution >= 0.6 is 0 Å². The average Bonchev–Trinajstić information content (AvgIpc) is 2.89. The summed E-state index contributed by atoms with van der Waals surface area (Å²) in [5, 5.41) is 15.1. The van der Waals surface area contributed by atoms with Crippen LogP contribution in [0.25, 0.3) is 10.8 Å². The van der Waals surface area contributed by atoms with Crippen LogP contribution in [0, 0.1) is 0 Å². The Morgan fingerprint density at radius 1 is 0.611 bits per heavy atom. The van der Waals surface area contributed by atoms with Crippen LogP contribution in [-0.2, 0) is 0 Å². The van der Waals surface area contributed by atoms with E-state index >= 15 is 0 Å². The summed E-state index contributed by atoms with van der Waals surface area (Å²) in [6, 6.07) is 11.2. The zero-order valence-corrected chi connectivity index (χ0v) is 23.2. The van der Waals surface area contributed by atoms with Gasteiger partial charge in [-0.3, -0.25) is 4.79 Å². The van der Waals surface area contributed by atoms with E-state index in [2.05, 4.69) is 12.2 Å². The Kier molecular flexibility index (Phi) is 16.8. The van der Waals surface area contributed by atoms with E-state index in [-0.39, 0.29) is 11.7 Å². The highest BCUT2D eigenvalue weighted by Gasteiger charge is 2.11. The summed E-state index contributed by atoms with van der Waals surface area (Å²) in [6.07, 6.45) is 27.4. The van der Waals surface area contributed by atoms with Crippen LogP contribution in [0.15, 0.2) is 36.4 Å². The quantitative estimate of drug-likeness (QED) is 0.160. The van der Waals surface area contributed by atoms with Crippen molar-refractivity contribution in [2.75, 3.05) is 6.54 Å². The van der Waals surface area contributed by atoms with Crippen molar-refractivity contribution in [3.63, 3.8) is 0 Å². The van der Waals surface area contributed by atoms with Crippen molar-refractivity contribution in [2.45, 2.75) is 135 Å². The lowest BCUT2D eigenvalue weighted by Gasteiger charge is -2.08. The molecular formula is C33H53NO2. The molecule has 0 atom stereocenters. The fourth-order valence-corrected chi connectivity index (χ4v) is 5.09. The number of hydrogen-bond donors (Lipinski definition) is 2. The Morgan fingerprint density at radius 2 is 1.00 bits per heavy atom. The predicted octanol–water partition coefficient (Wildman–Crippen LogP) is 10.1. The van der Waals surface area contributed by atoms with Crippen LogP contribution in [0.5, 0.6) is 5.75 Å². The molecule has 0 aliphatic rings. The second kappa shape index (κ2) is 20.1. The van der Waals surface area contributed by atoms with Crippen molar-refractivity contribution in [1.29, 1.82) is 0 Å². The molecule has 0 aliphatic heterocycles. The van der Waals surface area contributed by atoms with Gasteiger partial charge in [0.15, 0.2) is 0 Å². The molecule has 0 aliphatic carbocycles. The molecule has 2 rings (SSSR count). The third-order valence-electron chi connectivity index (χ3n) is 7.42. The van der Waals surface area contributed by atoms with Gasteiger partial charge in [0.25, 0.3) is 5.91 Å². The molecule has 0 spiro atoms. The minimum absolute atomic E-state index is 0.0506. The van der Waals surface area contributed by atoms with Crippen LogP contribution in [0.3, 0.4) is 0 Å². The van der Waals surface area contributed by atoms with Crippen LogP contribution in [0.4, 0.5) is 0 Å². The molecular weight excluding hydrogens is 442 g/mol. The first-order valence-corrected chi connectivity index (χ1v) is 15.2. The van der Waals surface area contributed by atoms with E-state index in [1.54, 1.807) is 12.1 Å². The maximum absolute atomic E-state index is 12.4. The van der Waals surface area contributed by atoms with E-state index < -0.39 is 0 Å². The minimum atomic E-state index is -0.184. The number of amides is 1. The van der Waals surface area contributed by atoms with Crippen LogP contribution in [0.2, 0.25) is 0 Å². The lowest BCUT2D eigenvalue weighted by molar-refractivity contribution is 0.0950. The smallest absolute Gasteiger partial charge is 0.255 e. The monoisotopic (exact) mass is 495 g/mol. The molecule has 36 heavy (non-hydrogen) atoms. The van der Waals surface area contributed by atoms with Gasteiger partial charge >= 0.3 is 0 Å². The normalized spacial score (nSPS) is 11.2. The number of fused-ring (bicyclic) bond motifs is 1. The number of benzene rings is 2.